The number of hydrogen-bond acceptors (Lipinski definition) is 3. The average molecular weight is 281 g/mol. The quantitative estimate of drug-likeness (QED) is 0.792. The molecule has 0 saturated carbocycles. The molecule has 2 nitrogen and oxygen atoms in total. The molecule has 1 atom stereocenters. The van der Waals surface area contributed by atoms with Gasteiger partial charge in [0.15, 0.2) is 5.78 Å². The highest BCUT2D eigenvalue weighted by Gasteiger charge is 2.17. The van der Waals surface area contributed by atoms with Crippen molar-refractivity contribution in [2.24, 2.45) is 5.73 Å². The van der Waals surface area contributed by atoms with Crippen molar-refractivity contribution in [3.05, 3.63) is 71.1 Å². The van der Waals surface area contributed by atoms with Gasteiger partial charge in [-0.25, -0.2) is 0 Å². The first-order chi connectivity index (χ1) is 9.75. The number of fused-ring (bicyclic) bond motifs is 1. The van der Waals surface area contributed by atoms with Crippen LogP contribution in [-0.2, 0) is 11.2 Å². The van der Waals surface area contributed by atoms with Crippen LogP contribution in [0, 0.1) is 0 Å². The van der Waals surface area contributed by atoms with E-state index in [4.69, 9.17) is 5.73 Å². The molecule has 1 unspecified atom stereocenters. The number of nitrogens with two attached hydrogens (primary N) is 1. The molecule has 0 amide bonds. The molecule has 0 spiro atoms. The Hall–Kier alpha value is -1.97. The van der Waals surface area contributed by atoms with Gasteiger partial charge in [0.2, 0.25) is 0 Å². The molecule has 0 aliphatic heterocycles. The van der Waals surface area contributed by atoms with Gasteiger partial charge in [0.1, 0.15) is 0 Å². The van der Waals surface area contributed by atoms with E-state index in [0.717, 1.165) is 16.5 Å². The van der Waals surface area contributed by atoms with Crippen LogP contribution >= 0.6 is 11.3 Å². The van der Waals surface area contributed by atoms with E-state index >= 15 is 0 Å². The summed E-state index contributed by atoms with van der Waals surface area (Å²) in [6, 6.07) is 17.1. The van der Waals surface area contributed by atoms with Crippen LogP contribution in [0.5, 0.6) is 0 Å². The molecule has 0 radical (unpaired) electrons. The number of ketones is 1. The molecule has 0 bridgehead atoms. The Balaban J connectivity index is 1.82. The van der Waals surface area contributed by atoms with Crippen molar-refractivity contribution in [2.45, 2.75) is 12.5 Å². The largest absolute Gasteiger partial charge is 0.318 e. The molecule has 0 saturated heterocycles. The lowest BCUT2D eigenvalue weighted by Gasteiger charge is -2.10. The molecule has 3 heteroatoms. The maximum Gasteiger partial charge on any atom is 0.158 e. The molecule has 1 aromatic heterocycles. The molecule has 2 N–H and O–H groups in total. The van der Waals surface area contributed by atoms with E-state index in [0.29, 0.717) is 6.42 Å². The minimum atomic E-state index is -0.546. The molecule has 0 fully saturated rings. The van der Waals surface area contributed by atoms with Gasteiger partial charge in [-0.1, -0.05) is 48.5 Å². The highest BCUT2D eigenvalue weighted by atomic mass is 32.1. The first kappa shape index (κ1) is 13.0. The van der Waals surface area contributed by atoms with Crippen molar-refractivity contribution in [2.75, 3.05) is 0 Å². The summed E-state index contributed by atoms with van der Waals surface area (Å²) < 4.78 is 1.21. The number of Topliss-reactive ketones (excluding diaryl/α,β-unsaturated/α-hetero) is 1. The standard InChI is InChI=1S/C17H15NOS/c18-17(12-6-2-1-3-7-12)15(19)10-13-11-20-16-9-5-4-8-14(13)16/h1-9,11,17H,10,18H2. The van der Waals surface area contributed by atoms with E-state index in [9.17, 15) is 4.79 Å². The second kappa shape index (κ2) is 5.57. The lowest BCUT2D eigenvalue weighted by atomic mass is 9.98. The normalized spacial score (nSPS) is 12.4. The smallest absolute Gasteiger partial charge is 0.158 e. The predicted octanol–water partition coefficient (Wildman–Crippen LogP) is 3.71. The zero-order valence-electron chi connectivity index (χ0n) is 11.0. The number of hydrogen-bond donors (Lipinski definition) is 1. The first-order valence-corrected chi connectivity index (χ1v) is 7.42. The zero-order chi connectivity index (χ0) is 13.9. The molecular formula is C17H15NOS. The lowest BCUT2D eigenvalue weighted by molar-refractivity contribution is -0.119. The van der Waals surface area contributed by atoms with Crippen LogP contribution in [0.3, 0.4) is 0 Å². The van der Waals surface area contributed by atoms with Gasteiger partial charge in [0, 0.05) is 11.1 Å². The Morgan fingerprint density at radius 1 is 1.05 bits per heavy atom. The van der Waals surface area contributed by atoms with Crippen LogP contribution in [-0.4, -0.2) is 5.78 Å². The summed E-state index contributed by atoms with van der Waals surface area (Å²) in [5.74, 6) is 0.0553. The van der Waals surface area contributed by atoms with Gasteiger partial charge in [-0.15, -0.1) is 11.3 Å². The number of rotatable bonds is 4. The van der Waals surface area contributed by atoms with Crippen LogP contribution in [0.2, 0.25) is 0 Å². The summed E-state index contributed by atoms with van der Waals surface area (Å²) in [5.41, 5.74) is 8.00. The average Bonchev–Trinajstić information content (AvgIpc) is 2.91. The summed E-state index contributed by atoms with van der Waals surface area (Å²) in [7, 11) is 0. The number of thiophene rings is 1. The van der Waals surface area contributed by atoms with Crippen molar-refractivity contribution in [1.29, 1.82) is 0 Å². The summed E-state index contributed by atoms with van der Waals surface area (Å²) >= 11 is 1.67. The Morgan fingerprint density at radius 2 is 1.75 bits per heavy atom. The molecule has 3 aromatic rings. The van der Waals surface area contributed by atoms with Gasteiger partial charge in [0.25, 0.3) is 0 Å². The second-order valence-corrected chi connectivity index (χ2v) is 5.70. The molecule has 0 aliphatic rings. The monoisotopic (exact) mass is 281 g/mol. The van der Waals surface area contributed by atoms with Crippen LogP contribution in [0.1, 0.15) is 17.2 Å². The third kappa shape index (κ3) is 2.50. The maximum absolute atomic E-state index is 12.3. The summed E-state index contributed by atoms with van der Waals surface area (Å²) in [6.07, 6.45) is 0.389. The first-order valence-electron chi connectivity index (χ1n) is 6.54. The highest BCUT2D eigenvalue weighted by molar-refractivity contribution is 7.17. The third-order valence-electron chi connectivity index (χ3n) is 3.43. The van der Waals surface area contributed by atoms with E-state index in [1.807, 2.05) is 42.5 Å². The van der Waals surface area contributed by atoms with Crippen LogP contribution in [0.25, 0.3) is 10.1 Å². The van der Waals surface area contributed by atoms with Gasteiger partial charge < -0.3 is 5.73 Å². The molecule has 1 heterocycles. The topological polar surface area (TPSA) is 43.1 Å². The summed E-state index contributed by atoms with van der Waals surface area (Å²) in [6.45, 7) is 0. The summed E-state index contributed by atoms with van der Waals surface area (Å²) in [4.78, 5) is 12.3. The third-order valence-corrected chi connectivity index (χ3v) is 4.44. The second-order valence-electron chi connectivity index (χ2n) is 4.79. The summed E-state index contributed by atoms with van der Waals surface area (Å²) in [5, 5.41) is 3.21. The maximum atomic E-state index is 12.3. The zero-order valence-corrected chi connectivity index (χ0v) is 11.8. The van der Waals surface area contributed by atoms with Crippen LogP contribution < -0.4 is 5.73 Å². The van der Waals surface area contributed by atoms with Gasteiger partial charge in [-0.3, -0.25) is 4.79 Å². The minimum absolute atomic E-state index is 0.0553. The number of benzene rings is 2. The number of carbonyl (C=O) groups excluding carboxylic acids is 1. The van der Waals surface area contributed by atoms with Crippen molar-refractivity contribution in [1.82, 2.24) is 0 Å². The van der Waals surface area contributed by atoms with E-state index in [2.05, 4.69) is 17.5 Å². The highest BCUT2D eigenvalue weighted by Crippen LogP contribution is 2.27. The molecule has 0 aliphatic carbocycles. The van der Waals surface area contributed by atoms with Crippen molar-refractivity contribution < 1.29 is 4.79 Å². The Labute approximate surface area is 121 Å². The van der Waals surface area contributed by atoms with Gasteiger partial charge in [-0.05, 0) is 28.0 Å². The Bertz CT molecular complexity index is 733. The van der Waals surface area contributed by atoms with E-state index in [-0.39, 0.29) is 5.78 Å². The fraction of sp³-hybridized carbons (Fsp3) is 0.118. The fourth-order valence-corrected chi connectivity index (χ4v) is 3.28. The van der Waals surface area contributed by atoms with Gasteiger partial charge in [-0.2, -0.15) is 0 Å². The van der Waals surface area contributed by atoms with Gasteiger partial charge >= 0.3 is 0 Å². The SMILES string of the molecule is NC(C(=O)Cc1csc2ccccc12)c1ccccc1. The fourth-order valence-electron chi connectivity index (χ4n) is 2.31. The molecule has 100 valence electrons. The van der Waals surface area contributed by atoms with Crippen molar-refractivity contribution >= 4 is 27.2 Å². The van der Waals surface area contributed by atoms with Crippen LogP contribution in [0.15, 0.2) is 60.0 Å². The minimum Gasteiger partial charge on any atom is -0.318 e. The molecule has 3 rings (SSSR count). The lowest BCUT2D eigenvalue weighted by Crippen LogP contribution is -2.22. The van der Waals surface area contributed by atoms with E-state index in [1.165, 1.54) is 4.70 Å². The van der Waals surface area contributed by atoms with Crippen molar-refractivity contribution in [3.8, 4) is 0 Å². The predicted molar refractivity (Wildman–Crippen MR) is 83.9 cm³/mol. The van der Waals surface area contributed by atoms with Gasteiger partial charge in [0.05, 0.1) is 6.04 Å². The van der Waals surface area contributed by atoms with Crippen molar-refractivity contribution in [3.63, 3.8) is 0 Å². The molecular weight excluding hydrogens is 266 g/mol. The Morgan fingerprint density at radius 3 is 2.55 bits per heavy atom. The van der Waals surface area contributed by atoms with E-state index < -0.39 is 6.04 Å². The Kier molecular flexibility index (Phi) is 3.63. The van der Waals surface area contributed by atoms with E-state index in [1.54, 1.807) is 11.3 Å². The molecule has 2 aromatic carbocycles. The number of carbonyl (C=O) groups is 1. The molecule has 20 heavy (non-hydrogen) atoms. The van der Waals surface area contributed by atoms with Crippen LogP contribution in [0.4, 0.5) is 0 Å².